The molecule has 0 aliphatic rings. The zero-order chi connectivity index (χ0) is 12.1. The fraction of sp³-hybridized carbons (Fsp3) is 0.250. The smallest absolute Gasteiger partial charge is 0.192 e. The lowest BCUT2D eigenvalue weighted by atomic mass is 10.1. The van der Waals surface area contributed by atoms with Crippen LogP contribution in [-0.4, -0.2) is 15.0 Å². The van der Waals surface area contributed by atoms with E-state index >= 15 is 0 Å². The molecular weight excluding hydrogens is 232 g/mol. The van der Waals surface area contributed by atoms with Gasteiger partial charge in [-0.2, -0.15) is 0 Å². The highest BCUT2D eigenvalue weighted by atomic mass is 32.2. The standard InChI is InChI=1S/C12H14N4S/c1-2-10(13)11-5-4-9(8-16-11)17-12-14-6-3-7-15-12/h3-8,10H,2,13H2,1H3/t10-/m0/s1. The lowest BCUT2D eigenvalue weighted by Crippen LogP contribution is -2.10. The summed E-state index contributed by atoms with van der Waals surface area (Å²) < 4.78 is 0. The van der Waals surface area contributed by atoms with E-state index in [0.29, 0.717) is 0 Å². The van der Waals surface area contributed by atoms with Crippen molar-refractivity contribution in [3.63, 3.8) is 0 Å². The van der Waals surface area contributed by atoms with Gasteiger partial charge in [-0.3, -0.25) is 4.98 Å². The summed E-state index contributed by atoms with van der Waals surface area (Å²) in [6.45, 7) is 2.05. The molecule has 2 heterocycles. The van der Waals surface area contributed by atoms with Crippen LogP contribution in [0.4, 0.5) is 0 Å². The molecule has 0 spiro atoms. The monoisotopic (exact) mass is 246 g/mol. The highest BCUT2D eigenvalue weighted by molar-refractivity contribution is 7.99. The van der Waals surface area contributed by atoms with Crippen LogP contribution in [0, 0.1) is 0 Å². The molecule has 2 aromatic heterocycles. The number of nitrogens with zero attached hydrogens (tertiary/aromatic N) is 3. The Morgan fingerprint density at radius 1 is 1.24 bits per heavy atom. The summed E-state index contributed by atoms with van der Waals surface area (Å²) in [5.74, 6) is 0. The van der Waals surface area contributed by atoms with Crippen LogP contribution in [0.15, 0.2) is 46.8 Å². The van der Waals surface area contributed by atoms with Gasteiger partial charge in [0.15, 0.2) is 5.16 Å². The van der Waals surface area contributed by atoms with Gasteiger partial charge < -0.3 is 5.73 Å². The second-order valence-corrected chi connectivity index (χ2v) is 4.61. The molecule has 5 heteroatoms. The third-order valence-electron chi connectivity index (χ3n) is 2.33. The SMILES string of the molecule is CC[C@H](N)c1ccc(Sc2ncccn2)cn1. The van der Waals surface area contributed by atoms with Crippen molar-refractivity contribution in [2.45, 2.75) is 29.4 Å². The second-order valence-electron chi connectivity index (χ2n) is 3.57. The van der Waals surface area contributed by atoms with E-state index in [-0.39, 0.29) is 6.04 Å². The van der Waals surface area contributed by atoms with E-state index in [4.69, 9.17) is 5.73 Å². The van der Waals surface area contributed by atoms with E-state index in [1.54, 1.807) is 18.5 Å². The lowest BCUT2D eigenvalue weighted by Gasteiger charge is -2.08. The van der Waals surface area contributed by atoms with Crippen LogP contribution in [0.2, 0.25) is 0 Å². The Balaban J connectivity index is 2.08. The third-order valence-corrected chi connectivity index (χ3v) is 3.20. The average Bonchev–Trinajstić information content (AvgIpc) is 2.40. The van der Waals surface area contributed by atoms with Crippen LogP contribution >= 0.6 is 11.8 Å². The van der Waals surface area contributed by atoms with Crippen molar-refractivity contribution >= 4 is 11.8 Å². The average molecular weight is 246 g/mol. The summed E-state index contributed by atoms with van der Waals surface area (Å²) in [5, 5.41) is 0.724. The topological polar surface area (TPSA) is 64.7 Å². The Labute approximate surface area is 105 Å². The van der Waals surface area contributed by atoms with E-state index in [0.717, 1.165) is 22.2 Å². The molecule has 0 aliphatic heterocycles. The van der Waals surface area contributed by atoms with Gasteiger partial charge in [0.1, 0.15) is 0 Å². The van der Waals surface area contributed by atoms with Crippen LogP contribution in [0.3, 0.4) is 0 Å². The molecule has 1 atom stereocenters. The molecule has 4 nitrogen and oxygen atoms in total. The zero-order valence-electron chi connectivity index (χ0n) is 9.58. The first kappa shape index (κ1) is 12.0. The van der Waals surface area contributed by atoms with Crippen molar-refractivity contribution in [2.75, 3.05) is 0 Å². The van der Waals surface area contributed by atoms with E-state index in [2.05, 4.69) is 15.0 Å². The van der Waals surface area contributed by atoms with Crippen LogP contribution in [0.1, 0.15) is 25.1 Å². The summed E-state index contributed by atoms with van der Waals surface area (Å²) >= 11 is 1.49. The minimum Gasteiger partial charge on any atom is -0.323 e. The Morgan fingerprint density at radius 3 is 2.59 bits per heavy atom. The quantitative estimate of drug-likeness (QED) is 0.839. The van der Waals surface area contributed by atoms with Crippen LogP contribution in [-0.2, 0) is 0 Å². The summed E-state index contributed by atoms with van der Waals surface area (Å²) in [4.78, 5) is 13.7. The minimum atomic E-state index is 0.0158. The maximum atomic E-state index is 5.90. The van der Waals surface area contributed by atoms with Crippen molar-refractivity contribution in [2.24, 2.45) is 5.73 Å². The van der Waals surface area contributed by atoms with Gasteiger partial charge in [-0.1, -0.05) is 6.92 Å². The number of hydrogen-bond donors (Lipinski definition) is 1. The molecule has 0 fully saturated rings. The van der Waals surface area contributed by atoms with Gasteiger partial charge in [-0.05, 0) is 36.4 Å². The maximum absolute atomic E-state index is 5.90. The largest absolute Gasteiger partial charge is 0.323 e. The zero-order valence-corrected chi connectivity index (χ0v) is 10.4. The van der Waals surface area contributed by atoms with Gasteiger partial charge in [0.2, 0.25) is 0 Å². The highest BCUT2D eigenvalue weighted by Crippen LogP contribution is 2.24. The molecule has 0 aromatic carbocycles. The number of pyridine rings is 1. The van der Waals surface area contributed by atoms with E-state index in [1.165, 1.54) is 11.8 Å². The molecule has 88 valence electrons. The normalized spacial score (nSPS) is 12.4. The van der Waals surface area contributed by atoms with Gasteiger partial charge in [-0.15, -0.1) is 0 Å². The first-order valence-corrected chi connectivity index (χ1v) is 6.27. The molecule has 0 aliphatic carbocycles. The molecule has 0 radical (unpaired) electrons. The lowest BCUT2D eigenvalue weighted by molar-refractivity contribution is 0.674. The van der Waals surface area contributed by atoms with Crippen molar-refractivity contribution in [1.82, 2.24) is 15.0 Å². The highest BCUT2D eigenvalue weighted by Gasteiger charge is 2.05. The van der Waals surface area contributed by atoms with E-state index in [9.17, 15) is 0 Å². The fourth-order valence-corrected chi connectivity index (χ4v) is 2.00. The molecule has 2 N–H and O–H groups in total. The molecule has 0 bridgehead atoms. The van der Waals surface area contributed by atoms with Gasteiger partial charge in [0, 0.05) is 29.5 Å². The third kappa shape index (κ3) is 3.25. The predicted octanol–water partition coefficient (Wildman–Crippen LogP) is 2.43. The second kappa shape index (κ2) is 5.75. The van der Waals surface area contributed by atoms with E-state index < -0.39 is 0 Å². The molecule has 0 saturated heterocycles. The van der Waals surface area contributed by atoms with Crippen molar-refractivity contribution < 1.29 is 0 Å². The summed E-state index contributed by atoms with van der Waals surface area (Å²) in [6, 6.07) is 5.77. The van der Waals surface area contributed by atoms with Crippen LogP contribution < -0.4 is 5.73 Å². The Kier molecular flexibility index (Phi) is 4.06. The summed E-state index contributed by atoms with van der Waals surface area (Å²) in [6.07, 6.45) is 6.15. The maximum Gasteiger partial charge on any atom is 0.192 e. The summed E-state index contributed by atoms with van der Waals surface area (Å²) in [7, 11) is 0. The van der Waals surface area contributed by atoms with Crippen molar-refractivity contribution in [3.8, 4) is 0 Å². The first-order valence-electron chi connectivity index (χ1n) is 5.46. The molecule has 2 aromatic rings. The molecule has 0 amide bonds. The van der Waals surface area contributed by atoms with Gasteiger partial charge in [0.25, 0.3) is 0 Å². The molecule has 2 rings (SSSR count). The molecule has 0 saturated carbocycles. The first-order chi connectivity index (χ1) is 8.29. The Bertz CT molecular complexity index is 458. The minimum absolute atomic E-state index is 0.0158. The molecule has 0 unspecified atom stereocenters. The molecule has 17 heavy (non-hydrogen) atoms. The number of rotatable bonds is 4. The Morgan fingerprint density at radius 2 is 2.00 bits per heavy atom. The predicted molar refractivity (Wildman–Crippen MR) is 67.6 cm³/mol. The van der Waals surface area contributed by atoms with Gasteiger partial charge in [0.05, 0.1) is 5.69 Å². The number of aromatic nitrogens is 3. The van der Waals surface area contributed by atoms with Crippen LogP contribution in [0.25, 0.3) is 0 Å². The van der Waals surface area contributed by atoms with Crippen molar-refractivity contribution in [3.05, 3.63) is 42.5 Å². The fourth-order valence-electron chi connectivity index (χ4n) is 1.32. The molecular formula is C12H14N4S. The van der Waals surface area contributed by atoms with Crippen molar-refractivity contribution in [1.29, 1.82) is 0 Å². The summed E-state index contributed by atoms with van der Waals surface area (Å²) in [5.41, 5.74) is 6.82. The van der Waals surface area contributed by atoms with Gasteiger partial charge in [-0.25, -0.2) is 9.97 Å². The number of hydrogen-bond acceptors (Lipinski definition) is 5. The Hall–Kier alpha value is -1.46. The van der Waals surface area contributed by atoms with Crippen LogP contribution in [0.5, 0.6) is 0 Å². The van der Waals surface area contributed by atoms with E-state index in [1.807, 2.05) is 25.3 Å². The van der Waals surface area contributed by atoms with Gasteiger partial charge >= 0.3 is 0 Å². The number of nitrogens with two attached hydrogens (primary N) is 1.